The van der Waals surface area contributed by atoms with Gasteiger partial charge < -0.3 is 24.4 Å². The third kappa shape index (κ3) is 39.7. The third-order valence-electron chi connectivity index (χ3n) is 7.38. The van der Waals surface area contributed by atoms with Crippen LogP contribution in [-0.4, -0.2) is 52.3 Å². The number of esters is 2. The number of carbonyl (C=O) groups excluding carboxylic acids is 2. The van der Waals surface area contributed by atoms with Crippen molar-refractivity contribution in [2.75, 3.05) is 13.2 Å². The summed E-state index contributed by atoms with van der Waals surface area (Å²) in [6.07, 6.45) is 48.5. The summed E-state index contributed by atoms with van der Waals surface area (Å²) in [7, 11) is -4.82. The first kappa shape index (κ1) is 49.7. The minimum atomic E-state index is -4.82. The lowest BCUT2D eigenvalue weighted by Gasteiger charge is -2.18. The molecule has 298 valence electrons. The van der Waals surface area contributed by atoms with Crippen LogP contribution < -0.4 is 0 Å². The minimum absolute atomic E-state index is 0.0197. The zero-order chi connectivity index (χ0) is 39.1. The minimum Gasteiger partial charge on any atom is -0.462 e. The van der Waals surface area contributed by atoms with E-state index in [2.05, 4.69) is 91.3 Å². The van der Waals surface area contributed by atoms with E-state index in [1.807, 2.05) is 24.3 Å². The first-order valence-electron chi connectivity index (χ1n) is 19.3. The molecular formula is C43H67O9P. The summed E-state index contributed by atoms with van der Waals surface area (Å²) >= 11 is 0. The summed E-state index contributed by atoms with van der Waals surface area (Å²) in [4.78, 5) is 42.7. The number of allylic oxidation sites excluding steroid dienone is 17. The normalized spacial score (nSPS) is 14.3. The zero-order valence-electron chi connectivity index (χ0n) is 32.2. The second-order valence-corrected chi connectivity index (χ2v) is 13.6. The van der Waals surface area contributed by atoms with Gasteiger partial charge in [0.25, 0.3) is 0 Å². The Balaban J connectivity index is 4.29. The van der Waals surface area contributed by atoms with Crippen LogP contribution in [-0.2, 0) is 28.2 Å². The molecule has 0 aliphatic rings. The second kappa shape index (κ2) is 37.0. The predicted octanol–water partition coefficient (Wildman–Crippen LogP) is 10.6. The van der Waals surface area contributed by atoms with E-state index in [-0.39, 0.29) is 12.8 Å². The molecule has 0 rings (SSSR count). The van der Waals surface area contributed by atoms with Crippen molar-refractivity contribution in [2.45, 2.75) is 135 Å². The number of phosphoric acid groups is 1. The molecule has 0 bridgehead atoms. The Bertz CT molecular complexity index is 1230. The molecule has 10 heteroatoms. The molecule has 0 aromatic carbocycles. The smallest absolute Gasteiger partial charge is 0.462 e. The van der Waals surface area contributed by atoms with Crippen LogP contribution in [0, 0.1) is 0 Å². The lowest BCUT2D eigenvalue weighted by Crippen LogP contribution is -2.29. The number of aliphatic hydroxyl groups is 1. The Morgan fingerprint density at radius 3 is 1.66 bits per heavy atom. The Morgan fingerprint density at radius 2 is 1.11 bits per heavy atom. The van der Waals surface area contributed by atoms with Crippen LogP contribution in [0.3, 0.4) is 0 Å². The van der Waals surface area contributed by atoms with Crippen LogP contribution in [0.1, 0.15) is 123 Å². The molecule has 0 aliphatic carbocycles. The van der Waals surface area contributed by atoms with Gasteiger partial charge in [-0.2, -0.15) is 0 Å². The van der Waals surface area contributed by atoms with Gasteiger partial charge in [-0.1, -0.05) is 136 Å². The van der Waals surface area contributed by atoms with E-state index in [0.717, 1.165) is 51.4 Å². The van der Waals surface area contributed by atoms with Crippen molar-refractivity contribution in [1.29, 1.82) is 0 Å². The molecule has 9 nitrogen and oxygen atoms in total. The highest BCUT2D eigenvalue weighted by Gasteiger charge is 2.22. The molecule has 3 N–H and O–H groups in total. The van der Waals surface area contributed by atoms with Crippen molar-refractivity contribution < 1.29 is 43.0 Å². The van der Waals surface area contributed by atoms with Crippen molar-refractivity contribution in [3.8, 4) is 0 Å². The van der Waals surface area contributed by atoms with E-state index in [9.17, 15) is 19.3 Å². The lowest BCUT2D eigenvalue weighted by molar-refractivity contribution is -0.161. The van der Waals surface area contributed by atoms with E-state index in [4.69, 9.17) is 19.3 Å². The van der Waals surface area contributed by atoms with Gasteiger partial charge in [0.15, 0.2) is 6.10 Å². The lowest BCUT2D eigenvalue weighted by atomic mass is 10.1. The Morgan fingerprint density at radius 1 is 0.604 bits per heavy atom. The molecule has 2 atom stereocenters. The topological polar surface area (TPSA) is 140 Å². The van der Waals surface area contributed by atoms with Crippen LogP contribution in [0.15, 0.2) is 109 Å². The summed E-state index contributed by atoms with van der Waals surface area (Å²) in [6, 6.07) is 0. The second-order valence-electron chi connectivity index (χ2n) is 12.4. The van der Waals surface area contributed by atoms with Gasteiger partial charge >= 0.3 is 19.8 Å². The van der Waals surface area contributed by atoms with E-state index in [0.29, 0.717) is 25.7 Å². The fraction of sp³-hybridized carbons (Fsp3) is 0.535. The maximum atomic E-state index is 12.4. The maximum absolute atomic E-state index is 12.4. The fourth-order valence-electron chi connectivity index (χ4n) is 4.51. The van der Waals surface area contributed by atoms with Crippen molar-refractivity contribution in [3.63, 3.8) is 0 Å². The summed E-state index contributed by atoms with van der Waals surface area (Å²) in [6.45, 7) is 3.30. The number of aliphatic hydroxyl groups excluding tert-OH is 1. The van der Waals surface area contributed by atoms with Gasteiger partial charge in [-0.25, -0.2) is 4.57 Å². The van der Waals surface area contributed by atoms with Crippen LogP contribution >= 0.6 is 7.82 Å². The van der Waals surface area contributed by atoms with E-state index >= 15 is 0 Å². The van der Waals surface area contributed by atoms with E-state index in [1.165, 1.54) is 19.3 Å². The molecule has 53 heavy (non-hydrogen) atoms. The van der Waals surface area contributed by atoms with Crippen molar-refractivity contribution in [1.82, 2.24) is 0 Å². The fourth-order valence-corrected chi connectivity index (χ4v) is 4.87. The van der Waals surface area contributed by atoms with Crippen LogP contribution in [0.25, 0.3) is 0 Å². The number of phosphoric ester groups is 1. The molecule has 0 aliphatic heterocycles. The van der Waals surface area contributed by atoms with E-state index in [1.54, 1.807) is 12.2 Å². The number of hydrogen-bond acceptors (Lipinski definition) is 7. The quantitative estimate of drug-likeness (QED) is 0.0196. The molecule has 0 unspecified atom stereocenters. The highest BCUT2D eigenvalue weighted by Crippen LogP contribution is 2.35. The average molecular weight is 759 g/mol. The molecule has 0 fully saturated rings. The Hall–Kier alpha value is -3.33. The predicted molar refractivity (Wildman–Crippen MR) is 217 cm³/mol. The highest BCUT2D eigenvalue weighted by molar-refractivity contribution is 7.46. The highest BCUT2D eigenvalue weighted by atomic mass is 31.2. The molecule has 0 radical (unpaired) electrons. The number of carbonyl (C=O) groups is 2. The summed E-state index contributed by atoms with van der Waals surface area (Å²) in [5.41, 5.74) is 0. The maximum Gasteiger partial charge on any atom is 0.469 e. The monoisotopic (exact) mass is 758 g/mol. The zero-order valence-corrected chi connectivity index (χ0v) is 33.1. The van der Waals surface area contributed by atoms with Crippen molar-refractivity contribution in [2.24, 2.45) is 0 Å². The number of rotatable bonds is 33. The summed E-state index contributed by atoms with van der Waals surface area (Å²) in [5, 5.41) is 10.2. The van der Waals surface area contributed by atoms with Gasteiger partial charge in [0.1, 0.15) is 6.61 Å². The largest absolute Gasteiger partial charge is 0.469 e. The average Bonchev–Trinajstić information content (AvgIpc) is 3.12. The standard InChI is InChI=1S/C43H67O9P/c1-3-5-7-9-11-13-15-17-18-19-20-22-24-26-28-30-32-36-43(46)52-41(39-51-53(47,48)49)38-50-42(45)37-33-35-40(44)34-31-29-27-25-23-21-16-14-12-10-8-6-4-2/h5,7,11-14,17-18,20-23,26-29,31,34,40-41,44H,3-4,6,8-10,15-16,19,24-25,30,32-33,35-39H2,1-2H3,(H2,47,48,49)/b7-5-,13-11-,14-12-,18-17-,22-20-,23-21-,28-26-,29-27-,34-31+/t40-,41-/m1/s1. The van der Waals surface area contributed by atoms with Crippen LogP contribution in [0.5, 0.6) is 0 Å². The molecule has 0 spiro atoms. The third-order valence-corrected chi connectivity index (χ3v) is 7.86. The molecular weight excluding hydrogens is 691 g/mol. The molecule has 0 aromatic rings. The molecule has 0 amide bonds. The van der Waals surface area contributed by atoms with E-state index < -0.39 is 45.2 Å². The summed E-state index contributed by atoms with van der Waals surface area (Å²) in [5.74, 6) is -1.17. The van der Waals surface area contributed by atoms with Gasteiger partial charge in [-0.15, -0.1) is 0 Å². The number of hydrogen-bond donors (Lipinski definition) is 3. The number of unbranched alkanes of at least 4 members (excludes halogenated alkanes) is 4. The Kier molecular flexibility index (Phi) is 34.7. The van der Waals surface area contributed by atoms with Gasteiger partial charge in [-0.3, -0.25) is 14.1 Å². The molecule has 0 aromatic heterocycles. The van der Waals surface area contributed by atoms with Gasteiger partial charge in [-0.05, 0) is 83.5 Å². The van der Waals surface area contributed by atoms with Gasteiger partial charge in [0, 0.05) is 12.8 Å². The molecule has 0 heterocycles. The van der Waals surface area contributed by atoms with Gasteiger partial charge in [0.05, 0.1) is 12.7 Å². The first-order valence-corrected chi connectivity index (χ1v) is 20.8. The van der Waals surface area contributed by atoms with Crippen molar-refractivity contribution >= 4 is 19.8 Å². The Labute approximate surface area is 319 Å². The van der Waals surface area contributed by atoms with Crippen LogP contribution in [0.2, 0.25) is 0 Å². The summed E-state index contributed by atoms with van der Waals surface area (Å²) < 4.78 is 26.1. The molecule has 0 saturated heterocycles. The van der Waals surface area contributed by atoms with Crippen LogP contribution in [0.4, 0.5) is 0 Å². The number of ether oxygens (including phenoxy) is 2. The van der Waals surface area contributed by atoms with Gasteiger partial charge in [0.2, 0.25) is 0 Å². The first-order chi connectivity index (χ1) is 25.7. The molecule has 0 saturated carbocycles. The van der Waals surface area contributed by atoms with Crippen molar-refractivity contribution in [3.05, 3.63) is 109 Å². The SMILES string of the molecule is CC/C=C\C/C=C\C/C=C\C/C=C\C/C=C\CCCC(=O)O[C@H](COC(=O)CCC[C@H](O)/C=C/C=C\C/C=C\C/C=C\CCCCC)COP(=O)(O)O.